The molecule has 21 heavy (non-hydrogen) atoms. The normalized spacial score (nSPS) is 10.3. The Morgan fingerprint density at radius 3 is 2.81 bits per heavy atom. The van der Waals surface area contributed by atoms with E-state index in [2.05, 4.69) is 0 Å². The molecule has 0 fully saturated rings. The van der Waals surface area contributed by atoms with E-state index in [1.807, 2.05) is 17.5 Å². The van der Waals surface area contributed by atoms with Gasteiger partial charge in [-0.2, -0.15) is 0 Å². The molecule has 2 rings (SSSR count). The van der Waals surface area contributed by atoms with Crippen LogP contribution in [0.25, 0.3) is 0 Å². The molecule has 0 spiro atoms. The van der Waals surface area contributed by atoms with E-state index in [1.165, 1.54) is 11.3 Å². The van der Waals surface area contributed by atoms with Gasteiger partial charge in [-0.1, -0.05) is 6.07 Å². The van der Waals surface area contributed by atoms with Crippen LogP contribution in [0.15, 0.2) is 29.6 Å². The Balaban J connectivity index is 2.19. The predicted octanol–water partition coefficient (Wildman–Crippen LogP) is 3.12. The summed E-state index contributed by atoms with van der Waals surface area (Å²) in [5.41, 5.74) is -1.33. The van der Waals surface area contributed by atoms with Crippen LogP contribution in [-0.4, -0.2) is 22.6 Å². The monoisotopic (exact) mass is 311 g/mol. The first-order valence-corrected chi connectivity index (χ1v) is 6.73. The summed E-state index contributed by atoms with van der Waals surface area (Å²) in [6, 6.07) is 5.15. The Labute approximate surface area is 122 Å². The minimum Gasteiger partial charge on any atom is -0.486 e. The van der Waals surface area contributed by atoms with Crippen LogP contribution in [0.3, 0.4) is 0 Å². The molecule has 2 aromatic rings. The number of halogens is 1. The first kappa shape index (κ1) is 14.9. The molecule has 0 aliphatic carbocycles. The number of benzene rings is 1. The van der Waals surface area contributed by atoms with E-state index in [0.29, 0.717) is 12.5 Å². The van der Waals surface area contributed by atoms with Gasteiger partial charge in [0.25, 0.3) is 0 Å². The number of ether oxygens (including phenoxy) is 1. The number of carboxylic acid groups (broad SMARTS) is 1. The van der Waals surface area contributed by atoms with Crippen molar-refractivity contribution < 1.29 is 24.0 Å². The number of nitrogens with zero attached hydrogens (tertiary/aromatic N) is 1. The van der Waals surface area contributed by atoms with Crippen molar-refractivity contribution in [1.29, 1.82) is 0 Å². The maximum atomic E-state index is 13.6. The molecule has 8 heteroatoms. The molecule has 0 unspecified atom stereocenters. The van der Waals surface area contributed by atoms with E-state index < -0.39 is 28.0 Å². The SMILES string of the molecule is O=C(O)c1cc([N+](=O)[O-])c(OCCc2cccs2)cc1F. The molecule has 1 aromatic carbocycles. The molecular formula is C13H10FNO5S. The van der Waals surface area contributed by atoms with Gasteiger partial charge in [-0.15, -0.1) is 11.3 Å². The average Bonchev–Trinajstić information content (AvgIpc) is 2.91. The molecule has 0 atom stereocenters. The molecule has 0 saturated heterocycles. The second-order valence-electron chi connectivity index (χ2n) is 4.04. The number of carbonyl (C=O) groups is 1. The number of hydrogen-bond acceptors (Lipinski definition) is 5. The van der Waals surface area contributed by atoms with Gasteiger partial charge in [-0.25, -0.2) is 9.18 Å². The summed E-state index contributed by atoms with van der Waals surface area (Å²) in [7, 11) is 0. The fourth-order valence-corrected chi connectivity index (χ4v) is 2.37. The Hall–Kier alpha value is -2.48. The van der Waals surface area contributed by atoms with Crippen LogP contribution in [0.1, 0.15) is 15.2 Å². The molecule has 0 bridgehead atoms. The van der Waals surface area contributed by atoms with Crippen molar-refractivity contribution in [1.82, 2.24) is 0 Å². The quantitative estimate of drug-likeness (QED) is 0.654. The third-order valence-electron chi connectivity index (χ3n) is 2.66. The average molecular weight is 311 g/mol. The standard InChI is InChI=1S/C13H10FNO5S/c14-10-7-12(20-4-3-8-2-1-5-21-8)11(15(18)19)6-9(10)13(16)17/h1-2,5-7H,3-4H2,(H,16,17). The molecule has 0 radical (unpaired) electrons. The van der Waals surface area contributed by atoms with E-state index in [1.54, 1.807) is 0 Å². The molecule has 1 heterocycles. The number of nitro benzene ring substituents is 1. The third-order valence-corrected chi connectivity index (χ3v) is 3.60. The molecule has 0 amide bonds. The Morgan fingerprint density at radius 1 is 1.48 bits per heavy atom. The number of rotatable bonds is 6. The number of thiophene rings is 1. The van der Waals surface area contributed by atoms with Gasteiger partial charge in [-0.05, 0) is 11.4 Å². The van der Waals surface area contributed by atoms with Crippen LogP contribution in [0, 0.1) is 15.9 Å². The van der Waals surface area contributed by atoms with Gasteiger partial charge in [-0.3, -0.25) is 10.1 Å². The lowest BCUT2D eigenvalue weighted by molar-refractivity contribution is -0.385. The second kappa shape index (κ2) is 6.31. The molecule has 0 aliphatic rings. The first-order chi connectivity index (χ1) is 9.99. The Kier molecular flexibility index (Phi) is 4.49. The van der Waals surface area contributed by atoms with Gasteiger partial charge in [0.2, 0.25) is 0 Å². The van der Waals surface area contributed by atoms with Crippen molar-refractivity contribution in [3.63, 3.8) is 0 Å². The molecule has 1 N–H and O–H groups in total. The van der Waals surface area contributed by atoms with Gasteiger partial charge in [0.15, 0.2) is 5.75 Å². The smallest absolute Gasteiger partial charge is 0.338 e. The van der Waals surface area contributed by atoms with E-state index in [0.717, 1.165) is 10.9 Å². The molecular weight excluding hydrogens is 301 g/mol. The van der Waals surface area contributed by atoms with Gasteiger partial charge in [0.05, 0.1) is 11.5 Å². The lowest BCUT2D eigenvalue weighted by Crippen LogP contribution is -2.07. The van der Waals surface area contributed by atoms with Gasteiger partial charge >= 0.3 is 11.7 Å². The lowest BCUT2D eigenvalue weighted by Gasteiger charge is -2.07. The maximum Gasteiger partial charge on any atom is 0.338 e. The highest BCUT2D eigenvalue weighted by atomic mass is 32.1. The highest BCUT2D eigenvalue weighted by molar-refractivity contribution is 7.09. The topological polar surface area (TPSA) is 89.7 Å². The molecule has 6 nitrogen and oxygen atoms in total. The summed E-state index contributed by atoms with van der Waals surface area (Å²) >= 11 is 1.51. The number of carboxylic acids is 1. The summed E-state index contributed by atoms with van der Waals surface area (Å²) in [6.07, 6.45) is 0.525. The predicted molar refractivity (Wildman–Crippen MR) is 73.5 cm³/mol. The molecule has 0 aliphatic heterocycles. The van der Waals surface area contributed by atoms with Crippen LogP contribution in [0.2, 0.25) is 0 Å². The van der Waals surface area contributed by atoms with E-state index >= 15 is 0 Å². The first-order valence-electron chi connectivity index (χ1n) is 5.85. The van der Waals surface area contributed by atoms with E-state index in [-0.39, 0.29) is 12.4 Å². The van der Waals surface area contributed by atoms with Crippen LogP contribution in [0.4, 0.5) is 10.1 Å². The summed E-state index contributed by atoms with van der Waals surface area (Å²) < 4.78 is 18.8. The molecule has 1 aromatic heterocycles. The van der Waals surface area contributed by atoms with Crippen molar-refractivity contribution in [2.24, 2.45) is 0 Å². The van der Waals surface area contributed by atoms with E-state index in [4.69, 9.17) is 9.84 Å². The van der Waals surface area contributed by atoms with Crippen molar-refractivity contribution >= 4 is 23.0 Å². The highest BCUT2D eigenvalue weighted by Crippen LogP contribution is 2.30. The van der Waals surface area contributed by atoms with Crippen molar-refractivity contribution in [3.05, 3.63) is 56.0 Å². The third kappa shape index (κ3) is 3.54. The second-order valence-corrected chi connectivity index (χ2v) is 5.07. The van der Waals surface area contributed by atoms with Gasteiger partial charge in [0, 0.05) is 23.4 Å². The minimum absolute atomic E-state index is 0.132. The maximum absolute atomic E-state index is 13.6. The summed E-state index contributed by atoms with van der Waals surface area (Å²) in [4.78, 5) is 21.9. The minimum atomic E-state index is -1.57. The van der Waals surface area contributed by atoms with Crippen LogP contribution in [-0.2, 0) is 6.42 Å². The van der Waals surface area contributed by atoms with Gasteiger partial charge < -0.3 is 9.84 Å². The summed E-state index contributed by atoms with van der Waals surface area (Å²) in [5.74, 6) is -2.92. The number of nitro groups is 1. The van der Waals surface area contributed by atoms with Crippen LogP contribution >= 0.6 is 11.3 Å². The summed E-state index contributed by atoms with van der Waals surface area (Å²) in [6.45, 7) is 0.132. The Bertz CT molecular complexity index is 671. The van der Waals surface area contributed by atoms with Crippen molar-refractivity contribution in [2.45, 2.75) is 6.42 Å². The fraction of sp³-hybridized carbons (Fsp3) is 0.154. The summed E-state index contributed by atoms with van der Waals surface area (Å²) in [5, 5.41) is 21.6. The van der Waals surface area contributed by atoms with E-state index in [9.17, 15) is 19.3 Å². The van der Waals surface area contributed by atoms with Crippen LogP contribution < -0.4 is 4.74 Å². The lowest BCUT2D eigenvalue weighted by atomic mass is 10.1. The number of aromatic carboxylic acids is 1. The van der Waals surface area contributed by atoms with Crippen molar-refractivity contribution in [2.75, 3.05) is 6.61 Å². The van der Waals surface area contributed by atoms with Crippen LogP contribution in [0.5, 0.6) is 5.75 Å². The Morgan fingerprint density at radius 2 is 2.24 bits per heavy atom. The zero-order chi connectivity index (χ0) is 15.4. The van der Waals surface area contributed by atoms with Gasteiger partial charge in [0.1, 0.15) is 11.4 Å². The molecule has 0 saturated carbocycles. The van der Waals surface area contributed by atoms with Crippen molar-refractivity contribution in [3.8, 4) is 5.75 Å². The zero-order valence-electron chi connectivity index (χ0n) is 10.6. The highest BCUT2D eigenvalue weighted by Gasteiger charge is 2.23. The molecule has 110 valence electrons. The fourth-order valence-electron chi connectivity index (χ4n) is 1.68. The largest absolute Gasteiger partial charge is 0.486 e. The zero-order valence-corrected chi connectivity index (χ0v) is 11.4. The number of hydrogen-bond donors (Lipinski definition) is 1.